The molecular weight excluding hydrogens is 234 g/mol. The summed E-state index contributed by atoms with van der Waals surface area (Å²) in [4.78, 5) is 2.50. The Hall–Kier alpha value is -1.37. The summed E-state index contributed by atoms with van der Waals surface area (Å²) in [5, 5.41) is 11.9. The lowest BCUT2D eigenvalue weighted by molar-refractivity contribution is 0.185. The van der Waals surface area contributed by atoms with Crippen molar-refractivity contribution < 1.29 is 0 Å². The predicted molar refractivity (Wildman–Crippen MR) is 77.8 cm³/mol. The third-order valence-corrected chi connectivity index (χ3v) is 3.87. The molecule has 0 amide bonds. The van der Waals surface area contributed by atoms with E-state index in [-0.39, 0.29) is 0 Å². The number of nitriles is 1. The van der Waals surface area contributed by atoms with E-state index < -0.39 is 0 Å². The van der Waals surface area contributed by atoms with Gasteiger partial charge in [0.15, 0.2) is 0 Å². The average molecular weight is 257 g/mol. The Balaban J connectivity index is 1.95. The number of hydrogen-bond acceptors (Lipinski definition) is 3. The molecule has 0 saturated carbocycles. The smallest absolute Gasteiger partial charge is 0.0843 e. The first-order valence-electron chi connectivity index (χ1n) is 7.08. The summed E-state index contributed by atoms with van der Waals surface area (Å²) >= 11 is 0. The van der Waals surface area contributed by atoms with Crippen LogP contribution in [0.3, 0.4) is 0 Å². The predicted octanol–water partition coefficient (Wildman–Crippen LogP) is 2.38. The van der Waals surface area contributed by atoms with Crippen LogP contribution < -0.4 is 5.32 Å². The van der Waals surface area contributed by atoms with Crippen LogP contribution >= 0.6 is 0 Å². The Labute approximate surface area is 116 Å². The molecule has 1 aromatic rings. The maximum atomic E-state index is 8.64. The summed E-state index contributed by atoms with van der Waals surface area (Å²) in [5.74, 6) is 0. The van der Waals surface area contributed by atoms with Gasteiger partial charge in [-0.15, -0.1) is 0 Å². The van der Waals surface area contributed by atoms with Gasteiger partial charge in [-0.2, -0.15) is 5.26 Å². The molecule has 1 heterocycles. The number of nitrogens with zero attached hydrogens (tertiary/aromatic N) is 2. The maximum Gasteiger partial charge on any atom is 0.0843 e. The van der Waals surface area contributed by atoms with Gasteiger partial charge in [-0.05, 0) is 44.4 Å². The number of nitrogens with one attached hydrogen (secondary N) is 1. The van der Waals surface area contributed by atoms with Crippen LogP contribution in [0.4, 0.5) is 0 Å². The van der Waals surface area contributed by atoms with Crippen molar-refractivity contribution in [3.05, 3.63) is 34.9 Å². The van der Waals surface area contributed by atoms with E-state index in [0.717, 1.165) is 19.6 Å². The molecule has 1 N–H and O–H groups in total. The number of hydrogen-bond donors (Lipinski definition) is 1. The van der Waals surface area contributed by atoms with Gasteiger partial charge in [0, 0.05) is 19.1 Å². The zero-order valence-corrected chi connectivity index (χ0v) is 11.9. The van der Waals surface area contributed by atoms with Crippen molar-refractivity contribution in [2.24, 2.45) is 0 Å². The second-order valence-corrected chi connectivity index (χ2v) is 5.54. The summed E-state index contributed by atoms with van der Waals surface area (Å²) in [6.07, 6.45) is 2.40. The Morgan fingerprint density at radius 1 is 1.42 bits per heavy atom. The first-order chi connectivity index (χ1) is 9.19. The van der Waals surface area contributed by atoms with Crippen LogP contribution in [-0.4, -0.2) is 30.6 Å². The molecule has 1 atom stereocenters. The molecule has 1 aromatic carbocycles. The molecule has 1 aliphatic rings. The molecule has 1 fully saturated rings. The standard InChI is InChI=1S/C16H23N3/c1-13-5-6-14(2)15(10-13)11-19-9-3-4-16(12-19)18-8-7-17/h5-6,10,16,18H,3-4,8-9,11-12H2,1-2H3. The van der Waals surface area contributed by atoms with E-state index in [1.54, 1.807) is 0 Å². The molecule has 0 spiro atoms. The van der Waals surface area contributed by atoms with Crippen LogP contribution in [-0.2, 0) is 6.54 Å². The minimum absolute atomic E-state index is 0.460. The van der Waals surface area contributed by atoms with Gasteiger partial charge in [0.25, 0.3) is 0 Å². The molecule has 1 aliphatic heterocycles. The van der Waals surface area contributed by atoms with Gasteiger partial charge in [0.05, 0.1) is 12.6 Å². The van der Waals surface area contributed by atoms with Gasteiger partial charge in [-0.25, -0.2) is 0 Å². The van der Waals surface area contributed by atoms with E-state index >= 15 is 0 Å². The van der Waals surface area contributed by atoms with Crippen molar-refractivity contribution in [3.63, 3.8) is 0 Å². The summed E-state index contributed by atoms with van der Waals surface area (Å²) in [6.45, 7) is 8.04. The Kier molecular flexibility index (Phi) is 4.95. The fourth-order valence-corrected chi connectivity index (χ4v) is 2.77. The largest absolute Gasteiger partial charge is 0.300 e. The lowest BCUT2D eigenvalue weighted by Gasteiger charge is -2.33. The molecule has 3 heteroatoms. The second kappa shape index (κ2) is 6.70. The Morgan fingerprint density at radius 3 is 3.05 bits per heavy atom. The second-order valence-electron chi connectivity index (χ2n) is 5.54. The van der Waals surface area contributed by atoms with Gasteiger partial charge in [-0.3, -0.25) is 4.90 Å². The summed E-state index contributed by atoms with van der Waals surface area (Å²) in [6, 6.07) is 9.31. The fraction of sp³-hybridized carbons (Fsp3) is 0.562. The highest BCUT2D eigenvalue weighted by molar-refractivity contribution is 5.30. The van der Waals surface area contributed by atoms with Gasteiger partial charge in [0.2, 0.25) is 0 Å². The van der Waals surface area contributed by atoms with Crippen LogP contribution in [0.5, 0.6) is 0 Å². The van der Waals surface area contributed by atoms with Gasteiger partial charge in [-0.1, -0.05) is 23.8 Å². The number of likely N-dealkylation sites (tertiary alicyclic amines) is 1. The van der Waals surface area contributed by atoms with Crippen molar-refractivity contribution in [2.75, 3.05) is 19.6 Å². The molecule has 3 nitrogen and oxygen atoms in total. The first-order valence-corrected chi connectivity index (χ1v) is 7.08. The molecule has 0 radical (unpaired) electrons. The van der Waals surface area contributed by atoms with E-state index in [1.807, 2.05) is 0 Å². The highest BCUT2D eigenvalue weighted by Gasteiger charge is 2.19. The number of aryl methyl sites for hydroxylation is 2. The normalized spacial score (nSPS) is 20.2. The average Bonchev–Trinajstić information content (AvgIpc) is 2.41. The van der Waals surface area contributed by atoms with Crippen molar-refractivity contribution in [1.82, 2.24) is 10.2 Å². The highest BCUT2D eigenvalue weighted by atomic mass is 15.2. The molecule has 0 aliphatic carbocycles. The summed E-state index contributed by atoms with van der Waals surface area (Å²) in [5.41, 5.74) is 4.13. The van der Waals surface area contributed by atoms with Crippen molar-refractivity contribution in [2.45, 2.75) is 39.3 Å². The molecular formula is C16H23N3. The van der Waals surface area contributed by atoms with Crippen molar-refractivity contribution >= 4 is 0 Å². The minimum Gasteiger partial charge on any atom is -0.300 e. The molecule has 2 rings (SSSR count). The Bertz CT molecular complexity index is 462. The van der Waals surface area contributed by atoms with E-state index in [2.05, 4.69) is 48.3 Å². The fourth-order valence-electron chi connectivity index (χ4n) is 2.77. The highest BCUT2D eigenvalue weighted by Crippen LogP contribution is 2.17. The molecule has 1 saturated heterocycles. The quantitative estimate of drug-likeness (QED) is 0.842. The van der Waals surface area contributed by atoms with E-state index in [0.29, 0.717) is 12.6 Å². The zero-order valence-electron chi connectivity index (χ0n) is 11.9. The number of rotatable bonds is 4. The van der Waals surface area contributed by atoms with Crippen LogP contribution in [0.2, 0.25) is 0 Å². The SMILES string of the molecule is Cc1ccc(C)c(CN2CCCC(NCC#N)C2)c1. The molecule has 19 heavy (non-hydrogen) atoms. The van der Waals surface area contributed by atoms with E-state index in [9.17, 15) is 0 Å². The molecule has 1 unspecified atom stereocenters. The van der Waals surface area contributed by atoms with Gasteiger partial charge in [0.1, 0.15) is 0 Å². The first kappa shape index (κ1) is 14.0. The van der Waals surface area contributed by atoms with E-state index in [4.69, 9.17) is 5.26 Å². The zero-order chi connectivity index (χ0) is 13.7. The lowest BCUT2D eigenvalue weighted by atomic mass is 10.0. The molecule has 102 valence electrons. The van der Waals surface area contributed by atoms with Crippen molar-refractivity contribution in [3.8, 4) is 6.07 Å². The van der Waals surface area contributed by atoms with Crippen molar-refractivity contribution in [1.29, 1.82) is 5.26 Å². The number of piperidine rings is 1. The van der Waals surface area contributed by atoms with Crippen LogP contribution in [0.15, 0.2) is 18.2 Å². The van der Waals surface area contributed by atoms with E-state index in [1.165, 1.54) is 29.5 Å². The summed E-state index contributed by atoms with van der Waals surface area (Å²) in [7, 11) is 0. The Morgan fingerprint density at radius 2 is 2.26 bits per heavy atom. The van der Waals surface area contributed by atoms with Gasteiger partial charge >= 0.3 is 0 Å². The lowest BCUT2D eigenvalue weighted by Crippen LogP contribution is -2.45. The minimum atomic E-state index is 0.460. The van der Waals surface area contributed by atoms with Crippen LogP contribution in [0.25, 0.3) is 0 Å². The monoisotopic (exact) mass is 257 g/mol. The topological polar surface area (TPSA) is 39.1 Å². The van der Waals surface area contributed by atoms with Crippen LogP contribution in [0.1, 0.15) is 29.5 Å². The molecule has 0 bridgehead atoms. The number of benzene rings is 1. The third-order valence-electron chi connectivity index (χ3n) is 3.87. The van der Waals surface area contributed by atoms with Gasteiger partial charge < -0.3 is 5.32 Å². The summed E-state index contributed by atoms with van der Waals surface area (Å²) < 4.78 is 0. The third kappa shape index (κ3) is 4.05. The maximum absolute atomic E-state index is 8.64. The van der Waals surface area contributed by atoms with Crippen LogP contribution in [0, 0.1) is 25.2 Å². The molecule has 0 aromatic heterocycles.